The Bertz CT molecular complexity index is 660. The van der Waals surface area contributed by atoms with E-state index in [1.807, 2.05) is 39.8 Å². The van der Waals surface area contributed by atoms with Gasteiger partial charge in [-0.1, -0.05) is 0 Å². The predicted molar refractivity (Wildman–Crippen MR) is 83.1 cm³/mol. The van der Waals surface area contributed by atoms with Gasteiger partial charge in [-0.25, -0.2) is 4.98 Å². The van der Waals surface area contributed by atoms with E-state index in [-0.39, 0.29) is 5.91 Å². The molecule has 0 aliphatic rings. The average Bonchev–Trinajstić information content (AvgIpc) is 2.31. The number of aryl methyl sites for hydroxylation is 4. The SMILES string of the molecule is Cc1cc(C)c(C(=O)Nc2ncc(Br)cc2C)c(C)n1. The Morgan fingerprint density at radius 3 is 2.45 bits per heavy atom. The second-order valence-electron chi connectivity index (χ2n) is 4.81. The number of nitrogens with one attached hydrogen (secondary N) is 1. The second kappa shape index (κ2) is 5.71. The molecule has 1 N–H and O–H groups in total. The van der Waals surface area contributed by atoms with Gasteiger partial charge in [0.25, 0.3) is 5.91 Å². The lowest BCUT2D eigenvalue weighted by Gasteiger charge is -2.12. The van der Waals surface area contributed by atoms with Gasteiger partial charge >= 0.3 is 0 Å². The van der Waals surface area contributed by atoms with Crippen LogP contribution < -0.4 is 5.32 Å². The Labute approximate surface area is 126 Å². The minimum Gasteiger partial charge on any atom is -0.306 e. The summed E-state index contributed by atoms with van der Waals surface area (Å²) in [5.74, 6) is 0.392. The van der Waals surface area contributed by atoms with Crippen LogP contribution in [0.5, 0.6) is 0 Å². The molecule has 2 rings (SSSR count). The summed E-state index contributed by atoms with van der Waals surface area (Å²) in [6.07, 6.45) is 1.66. The predicted octanol–water partition coefficient (Wildman–Crippen LogP) is 3.73. The topological polar surface area (TPSA) is 54.9 Å². The van der Waals surface area contributed by atoms with Crippen LogP contribution in [0.25, 0.3) is 0 Å². The monoisotopic (exact) mass is 333 g/mol. The van der Waals surface area contributed by atoms with Crippen molar-refractivity contribution >= 4 is 27.7 Å². The Hall–Kier alpha value is -1.75. The summed E-state index contributed by atoms with van der Waals surface area (Å²) in [4.78, 5) is 21.0. The number of nitrogens with zero attached hydrogens (tertiary/aromatic N) is 2. The first kappa shape index (κ1) is 14.7. The summed E-state index contributed by atoms with van der Waals surface area (Å²) in [6, 6.07) is 3.82. The summed E-state index contributed by atoms with van der Waals surface area (Å²) in [5.41, 5.74) is 4.08. The molecule has 4 nitrogen and oxygen atoms in total. The molecule has 0 saturated carbocycles. The van der Waals surface area contributed by atoms with Crippen LogP contribution in [-0.2, 0) is 0 Å². The number of amides is 1. The summed E-state index contributed by atoms with van der Waals surface area (Å²) >= 11 is 3.35. The average molecular weight is 334 g/mol. The number of anilines is 1. The standard InChI is InChI=1S/C15H16BrN3O/c1-8-5-10(3)18-11(4)13(8)15(20)19-14-9(2)6-12(16)7-17-14/h5-7H,1-4H3,(H,17,19,20). The number of hydrogen-bond donors (Lipinski definition) is 1. The molecule has 0 fully saturated rings. The molecule has 104 valence electrons. The van der Waals surface area contributed by atoms with Crippen LogP contribution in [0.4, 0.5) is 5.82 Å². The van der Waals surface area contributed by atoms with Gasteiger partial charge in [-0.2, -0.15) is 0 Å². The molecule has 0 saturated heterocycles. The maximum Gasteiger partial charge on any atom is 0.258 e. The zero-order valence-corrected chi connectivity index (χ0v) is 13.5. The fourth-order valence-electron chi connectivity index (χ4n) is 2.21. The normalized spacial score (nSPS) is 10.4. The lowest BCUT2D eigenvalue weighted by molar-refractivity contribution is 0.102. The van der Waals surface area contributed by atoms with Crippen LogP contribution in [0.1, 0.15) is 32.9 Å². The number of carbonyl (C=O) groups excluding carboxylic acids is 1. The highest BCUT2D eigenvalue weighted by Crippen LogP contribution is 2.19. The van der Waals surface area contributed by atoms with Crippen LogP contribution in [0.2, 0.25) is 0 Å². The van der Waals surface area contributed by atoms with Crippen LogP contribution in [0, 0.1) is 27.7 Å². The zero-order chi connectivity index (χ0) is 14.9. The number of pyridine rings is 2. The maximum absolute atomic E-state index is 12.4. The molecule has 0 unspecified atom stereocenters. The fourth-order valence-corrected chi connectivity index (χ4v) is 2.65. The van der Waals surface area contributed by atoms with Gasteiger partial charge in [-0.3, -0.25) is 9.78 Å². The highest BCUT2D eigenvalue weighted by molar-refractivity contribution is 9.10. The Morgan fingerprint density at radius 1 is 1.15 bits per heavy atom. The van der Waals surface area contributed by atoms with E-state index in [4.69, 9.17) is 0 Å². The van der Waals surface area contributed by atoms with E-state index < -0.39 is 0 Å². The summed E-state index contributed by atoms with van der Waals surface area (Å²) < 4.78 is 0.886. The number of aromatic nitrogens is 2. The van der Waals surface area contributed by atoms with Crippen LogP contribution in [0.3, 0.4) is 0 Å². The third kappa shape index (κ3) is 3.04. The molecule has 0 aliphatic heterocycles. The Kier molecular flexibility index (Phi) is 4.18. The van der Waals surface area contributed by atoms with Gasteiger partial charge in [0.2, 0.25) is 0 Å². The molecule has 0 aliphatic carbocycles. The molecule has 2 heterocycles. The number of halogens is 1. The maximum atomic E-state index is 12.4. The van der Waals surface area contributed by atoms with Crippen molar-refractivity contribution in [1.82, 2.24) is 9.97 Å². The highest BCUT2D eigenvalue weighted by atomic mass is 79.9. The van der Waals surface area contributed by atoms with E-state index in [0.717, 1.165) is 27.0 Å². The van der Waals surface area contributed by atoms with Gasteiger partial charge in [0.05, 0.1) is 11.3 Å². The van der Waals surface area contributed by atoms with Gasteiger partial charge in [0, 0.05) is 16.4 Å². The van der Waals surface area contributed by atoms with Gasteiger partial charge in [-0.05, 0) is 66.9 Å². The Morgan fingerprint density at radius 2 is 1.85 bits per heavy atom. The van der Waals surface area contributed by atoms with Crippen molar-refractivity contribution in [3.8, 4) is 0 Å². The van der Waals surface area contributed by atoms with E-state index in [9.17, 15) is 4.79 Å². The molecular formula is C15H16BrN3O. The molecule has 0 radical (unpaired) electrons. The van der Waals surface area contributed by atoms with E-state index >= 15 is 0 Å². The quantitative estimate of drug-likeness (QED) is 0.911. The smallest absolute Gasteiger partial charge is 0.258 e. The lowest BCUT2D eigenvalue weighted by atomic mass is 10.1. The molecule has 0 aromatic carbocycles. The van der Waals surface area contributed by atoms with Gasteiger partial charge in [0.1, 0.15) is 5.82 Å². The lowest BCUT2D eigenvalue weighted by Crippen LogP contribution is -2.17. The fraction of sp³-hybridized carbons (Fsp3) is 0.267. The van der Waals surface area contributed by atoms with Gasteiger partial charge < -0.3 is 5.32 Å². The van der Waals surface area contributed by atoms with Crippen molar-refractivity contribution in [2.45, 2.75) is 27.7 Å². The molecule has 20 heavy (non-hydrogen) atoms. The van der Waals surface area contributed by atoms with Crippen LogP contribution in [-0.4, -0.2) is 15.9 Å². The first-order chi connectivity index (χ1) is 9.38. The van der Waals surface area contributed by atoms with Gasteiger partial charge in [-0.15, -0.1) is 0 Å². The van der Waals surface area contributed by atoms with Crippen molar-refractivity contribution < 1.29 is 4.79 Å². The van der Waals surface area contributed by atoms with Crippen molar-refractivity contribution in [3.05, 3.63) is 50.9 Å². The molecule has 0 atom stereocenters. The number of rotatable bonds is 2. The van der Waals surface area contributed by atoms with Crippen molar-refractivity contribution in [3.63, 3.8) is 0 Å². The third-order valence-electron chi connectivity index (χ3n) is 3.03. The minimum absolute atomic E-state index is 0.176. The number of carbonyl (C=O) groups is 1. The first-order valence-electron chi connectivity index (χ1n) is 6.27. The third-order valence-corrected chi connectivity index (χ3v) is 3.46. The second-order valence-corrected chi connectivity index (χ2v) is 5.73. The van der Waals surface area contributed by atoms with Crippen LogP contribution in [0.15, 0.2) is 22.8 Å². The van der Waals surface area contributed by atoms with Gasteiger partial charge in [0.15, 0.2) is 0 Å². The van der Waals surface area contributed by atoms with Crippen LogP contribution >= 0.6 is 15.9 Å². The molecule has 0 bridgehead atoms. The molecule has 0 spiro atoms. The highest BCUT2D eigenvalue weighted by Gasteiger charge is 2.15. The molecule has 1 amide bonds. The van der Waals surface area contributed by atoms with Crippen molar-refractivity contribution in [2.75, 3.05) is 5.32 Å². The summed E-state index contributed by atoms with van der Waals surface area (Å²) in [6.45, 7) is 7.58. The number of hydrogen-bond acceptors (Lipinski definition) is 3. The first-order valence-corrected chi connectivity index (χ1v) is 7.06. The Balaban J connectivity index is 2.33. The largest absolute Gasteiger partial charge is 0.306 e. The minimum atomic E-state index is -0.176. The molecule has 5 heteroatoms. The van der Waals surface area contributed by atoms with E-state index in [1.54, 1.807) is 6.20 Å². The molecule has 2 aromatic heterocycles. The molecular weight excluding hydrogens is 318 g/mol. The van der Waals surface area contributed by atoms with E-state index in [0.29, 0.717) is 11.4 Å². The van der Waals surface area contributed by atoms with Crippen molar-refractivity contribution in [1.29, 1.82) is 0 Å². The van der Waals surface area contributed by atoms with E-state index in [1.165, 1.54) is 0 Å². The molecule has 2 aromatic rings. The summed E-state index contributed by atoms with van der Waals surface area (Å²) in [7, 11) is 0. The zero-order valence-electron chi connectivity index (χ0n) is 11.9. The van der Waals surface area contributed by atoms with E-state index in [2.05, 4.69) is 31.2 Å². The van der Waals surface area contributed by atoms with Crippen molar-refractivity contribution in [2.24, 2.45) is 0 Å². The summed E-state index contributed by atoms with van der Waals surface area (Å²) in [5, 5.41) is 2.84.